The first kappa shape index (κ1) is 13.8. The van der Waals surface area contributed by atoms with E-state index in [1.807, 2.05) is 11.0 Å². The van der Waals surface area contributed by atoms with Crippen LogP contribution in [-0.2, 0) is 0 Å². The Morgan fingerprint density at radius 3 is 2.89 bits per heavy atom. The van der Waals surface area contributed by atoms with Crippen molar-refractivity contribution in [2.24, 2.45) is 0 Å². The summed E-state index contributed by atoms with van der Waals surface area (Å²) in [6.45, 7) is 2.58. The molecule has 0 amide bonds. The molecule has 1 aliphatic rings. The van der Waals surface area contributed by atoms with E-state index in [2.05, 4.69) is 0 Å². The topological polar surface area (TPSA) is 66.6 Å². The Morgan fingerprint density at radius 2 is 2.21 bits per heavy atom. The predicted octanol–water partition coefficient (Wildman–Crippen LogP) is 2.64. The number of nitrogens with zero attached hydrogens (tertiary/aromatic N) is 2. The molecular formula is C14H20N2O3. The minimum Gasteiger partial charge on any atom is -0.394 e. The summed E-state index contributed by atoms with van der Waals surface area (Å²) < 4.78 is 0. The molecule has 0 radical (unpaired) electrons. The summed E-state index contributed by atoms with van der Waals surface area (Å²) in [4.78, 5) is 13.0. The average molecular weight is 264 g/mol. The van der Waals surface area contributed by atoms with Gasteiger partial charge in [0.25, 0.3) is 5.69 Å². The molecule has 1 aliphatic heterocycles. The summed E-state index contributed by atoms with van der Waals surface area (Å²) in [5.74, 6) is 0. The van der Waals surface area contributed by atoms with Crippen LogP contribution in [0.15, 0.2) is 18.2 Å². The number of nitro benzene ring substituents is 1. The third kappa shape index (κ3) is 2.87. The first-order valence-corrected chi connectivity index (χ1v) is 6.76. The Balaban J connectivity index is 2.43. The van der Waals surface area contributed by atoms with Crippen LogP contribution in [0, 0.1) is 17.0 Å². The number of aryl methyl sites for hydroxylation is 1. The second kappa shape index (κ2) is 6.02. The molecule has 0 aromatic heterocycles. The molecule has 1 heterocycles. The van der Waals surface area contributed by atoms with E-state index in [0.29, 0.717) is 11.3 Å². The minimum atomic E-state index is -0.315. The molecule has 1 saturated heterocycles. The number of benzene rings is 1. The van der Waals surface area contributed by atoms with Gasteiger partial charge in [-0.15, -0.1) is 0 Å². The molecule has 1 fully saturated rings. The number of rotatable bonds is 3. The van der Waals surface area contributed by atoms with Crippen LogP contribution in [0.4, 0.5) is 11.4 Å². The maximum atomic E-state index is 11.3. The fourth-order valence-electron chi connectivity index (χ4n) is 2.80. The number of anilines is 1. The van der Waals surface area contributed by atoms with E-state index in [0.717, 1.165) is 32.2 Å². The number of nitro groups is 1. The lowest BCUT2D eigenvalue weighted by Gasteiger charge is -2.30. The summed E-state index contributed by atoms with van der Waals surface area (Å²) in [6.07, 6.45) is 4.09. The van der Waals surface area contributed by atoms with Crippen molar-refractivity contribution in [3.63, 3.8) is 0 Å². The summed E-state index contributed by atoms with van der Waals surface area (Å²) in [7, 11) is 0. The van der Waals surface area contributed by atoms with Gasteiger partial charge in [-0.3, -0.25) is 10.1 Å². The predicted molar refractivity (Wildman–Crippen MR) is 74.5 cm³/mol. The third-order valence-electron chi connectivity index (χ3n) is 3.80. The highest BCUT2D eigenvalue weighted by Crippen LogP contribution is 2.34. The highest BCUT2D eigenvalue weighted by Gasteiger charge is 2.27. The van der Waals surface area contributed by atoms with E-state index in [1.165, 1.54) is 0 Å². The fraction of sp³-hybridized carbons (Fsp3) is 0.571. The summed E-state index contributed by atoms with van der Waals surface area (Å²) >= 11 is 0. The SMILES string of the molecule is Cc1cccc(N2CCCCCC2CO)c1[N+](=O)[O-]. The van der Waals surface area contributed by atoms with Crippen molar-refractivity contribution >= 4 is 11.4 Å². The number of hydrogen-bond donors (Lipinski definition) is 1. The van der Waals surface area contributed by atoms with E-state index in [1.54, 1.807) is 19.1 Å². The Bertz CT molecular complexity index is 462. The molecule has 5 nitrogen and oxygen atoms in total. The van der Waals surface area contributed by atoms with Crippen LogP contribution in [0.2, 0.25) is 0 Å². The molecule has 19 heavy (non-hydrogen) atoms. The lowest BCUT2D eigenvalue weighted by Crippen LogP contribution is -2.38. The van der Waals surface area contributed by atoms with Gasteiger partial charge in [0.15, 0.2) is 0 Å². The molecule has 0 saturated carbocycles. The molecule has 1 unspecified atom stereocenters. The molecule has 0 aliphatic carbocycles. The van der Waals surface area contributed by atoms with Crippen LogP contribution in [-0.4, -0.2) is 29.2 Å². The van der Waals surface area contributed by atoms with E-state index in [9.17, 15) is 15.2 Å². The highest BCUT2D eigenvalue weighted by molar-refractivity contribution is 5.67. The highest BCUT2D eigenvalue weighted by atomic mass is 16.6. The number of para-hydroxylation sites is 1. The van der Waals surface area contributed by atoms with Crippen molar-refractivity contribution in [3.8, 4) is 0 Å². The molecule has 1 N–H and O–H groups in total. The minimum absolute atomic E-state index is 0.0111. The van der Waals surface area contributed by atoms with E-state index < -0.39 is 0 Å². The van der Waals surface area contributed by atoms with E-state index in [-0.39, 0.29) is 23.3 Å². The lowest BCUT2D eigenvalue weighted by molar-refractivity contribution is -0.384. The van der Waals surface area contributed by atoms with Gasteiger partial charge in [0.05, 0.1) is 17.6 Å². The van der Waals surface area contributed by atoms with Crippen molar-refractivity contribution in [2.75, 3.05) is 18.1 Å². The largest absolute Gasteiger partial charge is 0.394 e. The zero-order valence-electron chi connectivity index (χ0n) is 11.2. The van der Waals surface area contributed by atoms with E-state index >= 15 is 0 Å². The normalized spacial score (nSPS) is 20.1. The van der Waals surface area contributed by atoms with Gasteiger partial charge in [-0.2, -0.15) is 0 Å². The first-order valence-electron chi connectivity index (χ1n) is 6.76. The average Bonchev–Trinajstić information content (AvgIpc) is 2.62. The zero-order chi connectivity index (χ0) is 13.8. The molecule has 1 aromatic rings. The van der Waals surface area contributed by atoms with Crippen LogP contribution in [0.3, 0.4) is 0 Å². The molecule has 1 aromatic carbocycles. The van der Waals surface area contributed by atoms with Crippen LogP contribution < -0.4 is 4.90 Å². The number of aliphatic hydroxyl groups is 1. The molecule has 2 rings (SSSR count). The molecule has 5 heteroatoms. The Morgan fingerprint density at radius 1 is 1.42 bits per heavy atom. The second-order valence-electron chi connectivity index (χ2n) is 5.08. The van der Waals surface area contributed by atoms with Gasteiger partial charge in [-0.25, -0.2) is 0 Å². The van der Waals surface area contributed by atoms with Gasteiger partial charge in [-0.05, 0) is 25.8 Å². The number of aliphatic hydroxyl groups excluding tert-OH is 1. The summed E-state index contributed by atoms with van der Waals surface area (Å²) in [5, 5.41) is 20.8. The van der Waals surface area contributed by atoms with Gasteiger partial charge in [0, 0.05) is 12.1 Å². The number of hydrogen-bond acceptors (Lipinski definition) is 4. The van der Waals surface area contributed by atoms with Gasteiger partial charge < -0.3 is 10.0 Å². The molecule has 0 bridgehead atoms. The Hall–Kier alpha value is -1.62. The smallest absolute Gasteiger partial charge is 0.295 e. The monoisotopic (exact) mass is 264 g/mol. The van der Waals surface area contributed by atoms with Gasteiger partial charge >= 0.3 is 0 Å². The van der Waals surface area contributed by atoms with Crippen molar-refractivity contribution in [1.29, 1.82) is 0 Å². The maximum absolute atomic E-state index is 11.3. The van der Waals surface area contributed by atoms with Crippen molar-refractivity contribution in [1.82, 2.24) is 0 Å². The zero-order valence-corrected chi connectivity index (χ0v) is 11.2. The standard InChI is InChI=1S/C14H20N2O3/c1-11-6-5-8-13(14(11)16(18)19)15-9-4-2-3-7-12(15)10-17/h5-6,8,12,17H,2-4,7,9-10H2,1H3. The Labute approximate surface area is 113 Å². The molecule has 104 valence electrons. The van der Waals surface area contributed by atoms with Crippen LogP contribution in [0.1, 0.15) is 31.2 Å². The third-order valence-corrected chi connectivity index (χ3v) is 3.80. The summed E-state index contributed by atoms with van der Waals surface area (Å²) in [5.41, 5.74) is 1.48. The Kier molecular flexibility index (Phi) is 4.37. The first-order chi connectivity index (χ1) is 9.15. The van der Waals surface area contributed by atoms with Crippen molar-refractivity contribution < 1.29 is 10.0 Å². The lowest BCUT2D eigenvalue weighted by atomic mass is 10.1. The molecular weight excluding hydrogens is 244 g/mol. The second-order valence-corrected chi connectivity index (χ2v) is 5.08. The van der Waals surface area contributed by atoms with Crippen molar-refractivity contribution in [2.45, 2.75) is 38.6 Å². The van der Waals surface area contributed by atoms with Crippen LogP contribution in [0.25, 0.3) is 0 Å². The van der Waals surface area contributed by atoms with Crippen LogP contribution in [0.5, 0.6) is 0 Å². The molecule has 0 spiro atoms. The van der Waals surface area contributed by atoms with Gasteiger partial charge in [-0.1, -0.05) is 25.0 Å². The van der Waals surface area contributed by atoms with Crippen LogP contribution >= 0.6 is 0 Å². The van der Waals surface area contributed by atoms with Gasteiger partial charge in [0.2, 0.25) is 0 Å². The van der Waals surface area contributed by atoms with Crippen molar-refractivity contribution in [3.05, 3.63) is 33.9 Å². The van der Waals surface area contributed by atoms with E-state index in [4.69, 9.17) is 0 Å². The quantitative estimate of drug-likeness (QED) is 0.673. The molecule has 1 atom stereocenters. The van der Waals surface area contributed by atoms with Gasteiger partial charge in [0.1, 0.15) is 5.69 Å². The maximum Gasteiger partial charge on any atom is 0.295 e. The fourth-order valence-corrected chi connectivity index (χ4v) is 2.80. The summed E-state index contributed by atoms with van der Waals surface area (Å²) in [6, 6.07) is 5.38.